The van der Waals surface area contributed by atoms with Gasteiger partial charge in [0.25, 0.3) is 0 Å². The van der Waals surface area contributed by atoms with E-state index in [9.17, 15) is 4.79 Å². The molecule has 2 rings (SSSR count). The standard InChI is InChI=1S/C19H24N2O/c1-3-4-13-21(2)19(22)18(17-10-6-5-7-11-17)14-16-9-8-12-20-15-16/h5-12,15,18H,3-4,13-14H2,1-2H3. The van der Waals surface area contributed by atoms with Gasteiger partial charge in [0.2, 0.25) is 5.91 Å². The van der Waals surface area contributed by atoms with Crippen LogP contribution < -0.4 is 0 Å². The fourth-order valence-electron chi connectivity index (χ4n) is 2.56. The quantitative estimate of drug-likeness (QED) is 0.781. The second kappa shape index (κ2) is 8.32. The lowest BCUT2D eigenvalue weighted by molar-refractivity contribution is -0.131. The van der Waals surface area contributed by atoms with Crippen molar-refractivity contribution in [1.29, 1.82) is 0 Å². The van der Waals surface area contributed by atoms with Gasteiger partial charge in [-0.25, -0.2) is 0 Å². The van der Waals surface area contributed by atoms with Crippen LogP contribution in [0.1, 0.15) is 36.8 Å². The summed E-state index contributed by atoms with van der Waals surface area (Å²) in [6.45, 7) is 2.95. The number of carbonyl (C=O) groups is 1. The van der Waals surface area contributed by atoms with E-state index < -0.39 is 0 Å². The summed E-state index contributed by atoms with van der Waals surface area (Å²) in [6, 6.07) is 14.0. The molecule has 116 valence electrons. The third kappa shape index (κ3) is 4.42. The summed E-state index contributed by atoms with van der Waals surface area (Å²) in [7, 11) is 1.90. The largest absolute Gasteiger partial charge is 0.345 e. The minimum Gasteiger partial charge on any atom is -0.345 e. The average molecular weight is 296 g/mol. The van der Waals surface area contributed by atoms with E-state index in [1.54, 1.807) is 6.20 Å². The van der Waals surface area contributed by atoms with E-state index in [0.29, 0.717) is 6.42 Å². The molecule has 1 aromatic heterocycles. The lowest BCUT2D eigenvalue weighted by atomic mass is 9.91. The second-order valence-electron chi connectivity index (χ2n) is 5.64. The van der Waals surface area contributed by atoms with Gasteiger partial charge in [0.15, 0.2) is 0 Å². The van der Waals surface area contributed by atoms with Crippen LogP contribution in [0.5, 0.6) is 0 Å². The normalized spacial score (nSPS) is 11.9. The number of hydrogen-bond donors (Lipinski definition) is 0. The number of carbonyl (C=O) groups excluding carboxylic acids is 1. The predicted molar refractivity (Wildman–Crippen MR) is 89.7 cm³/mol. The number of nitrogens with zero attached hydrogens (tertiary/aromatic N) is 2. The lowest BCUT2D eigenvalue weighted by Gasteiger charge is -2.24. The first-order valence-electron chi connectivity index (χ1n) is 7.91. The van der Waals surface area contributed by atoms with E-state index in [1.165, 1.54) is 0 Å². The molecule has 3 nitrogen and oxygen atoms in total. The van der Waals surface area contributed by atoms with Gasteiger partial charge in [0.1, 0.15) is 0 Å². The van der Waals surface area contributed by atoms with Gasteiger partial charge in [0.05, 0.1) is 5.92 Å². The lowest BCUT2D eigenvalue weighted by Crippen LogP contribution is -2.33. The zero-order chi connectivity index (χ0) is 15.8. The fraction of sp³-hybridized carbons (Fsp3) is 0.368. The molecule has 3 heteroatoms. The van der Waals surface area contributed by atoms with Crippen LogP contribution in [-0.2, 0) is 11.2 Å². The molecule has 1 unspecified atom stereocenters. The number of rotatable bonds is 7. The highest BCUT2D eigenvalue weighted by molar-refractivity contribution is 5.83. The number of benzene rings is 1. The molecule has 0 N–H and O–H groups in total. The minimum atomic E-state index is -0.146. The first kappa shape index (κ1) is 16.2. The third-order valence-corrected chi connectivity index (χ3v) is 3.89. The molecular weight excluding hydrogens is 272 g/mol. The molecule has 0 aliphatic rings. The molecule has 2 aromatic rings. The number of pyridine rings is 1. The number of likely N-dealkylation sites (N-methyl/N-ethyl adjacent to an activating group) is 1. The van der Waals surface area contributed by atoms with E-state index >= 15 is 0 Å². The Morgan fingerprint density at radius 3 is 2.59 bits per heavy atom. The monoisotopic (exact) mass is 296 g/mol. The number of hydrogen-bond acceptors (Lipinski definition) is 2. The van der Waals surface area contributed by atoms with Gasteiger partial charge in [-0.1, -0.05) is 49.7 Å². The number of unbranched alkanes of at least 4 members (excludes halogenated alkanes) is 1. The van der Waals surface area contributed by atoms with E-state index in [2.05, 4.69) is 11.9 Å². The second-order valence-corrected chi connectivity index (χ2v) is 5.64. The molecule has 22 heavy (non-hydrogen) atoms. The Labute approximate surface area is 133 Å². The van der Waals surface area contributed by atoms with E-state index in [-0.39, 0.29) is 11.8 Å². The van der Waals surface area contributed by atoms with E-state index in [1.807, 2.05) is 60.6 Å². The van der Waals surface area contributed by atoms with E-state index in [0.717, 1.165) is 30.5 Å². The van der Waals surface area contributed by atoms with Gasteiger partial charge in [-0.3, -0.25) is 9.78 Å². The van der Waals surface area contributed by atoms with Crippen molar-refractivity contribution in [1.82, 2.24) is 9.88 Å². The smallest absolute Gasteiger partial charge is 0.230 e. The van der Waals surface area contributed by atoms with Crippen LogP contribution in [0.25, 0.3) is 0 Å². The molecule has 0 spiro atoms. The topological polar surface area (TPSA) is 33.2 Å². The van der Waals surface area contributed by atoms with Gasteiger partial charge < -0.3 is 4.90 Å². The predicted octanol–water partition coefficient (Wildman–Crippen LogP) is 3.67. The van der Waals surface area contributed by atoms with Crippen LogP contribution in [0.15, 0.2) is 54.9 Å². The molecule has 1 aromatic carbocycles. The molecule has 1 amide bonds. The van der Waals surface area contributed by atoms with Crippen molar-refractivity contribution < 1.29 is 4.79 Å². The summed E-state index contributed by atoms with van der Waals surface area (Å²) in [5.41, 5.74) is 2.16. The molecule has 0 aliphatic carbocycles. The number of aromatic nitrogens is 1. The Hall–Kier alpha value is -2.16. The summed E-state index contributed by atoms with van der Waals surface area (Å²) in [5, 5.41) is 0. The summed E-state index contributed by atoms with van der Waals surface area (Å²) in [4.78, 5) is 18.9. The highest BCUT2D eigenvalue weighted by atomic mass is 16.2. The van der Waals surface area contributed by atoms with Crippen molar-refractivity contribution in [2.45, 2.75) is 32.1 Å². The Morgan fingerprint density at radius 1 is 1.18 bits per heavy atom. The van der Waals surface area contributed by atoms with Crippen LogP contribution in [0, 0.1) is 0 Å². The Morgan fingerprint density at radius 2 is 1.95 bits per heavy atom. The Kier molecular flexibility index (Phi) is 6.13. The van der Waals surface area contributed by atoms with Crippen molar-refractivity contribution >= 4 is 5.91 Å². The summed E-state index contributed by atoms with van der Waals surface area (Å²) >= 11 is 0. The Balaban J connectivity index is 2.20. The van der Waals surface area contributed by atoms with Gasteiger partial charge in [-0.2, -0.15) is 0 Å². The molecule has 1 heterocycles. The third-order valence-electron chi connectivity index (χ3n) is 3.89. The first-order valence-corrected chi connectivity index (χ1v) is 7.91. The van der Waals surface area contributed by atoms with Gasteiger partial charge >= 0.3 is 0 Å². The maximum atomic E-state index is 12.9. The van der Waals surface area contributed by atoms with Crippen molar-refractivity contribution in [3.05, 3.63) is 66.0 Å². The molecule has 0 saturated carbocycles. The average Bonchev–Trinajstić information content (AvgIpc) is 2.58. The van der Waals surface area contributed by atoms with Crippen LogP contribution in [-0.4, -0.2) is 29.4 Å². The Bertz CT molecular complexity index is 569. The highest BCUT2D eigenvalue weighted by Gasteiger charge is 2.24. The van der Waals surface area contributed by atoms with Crippen molar-refractivity contribution in [3.63, 3.8) is 0 Å². The van der Waals surface area contributed by atoms with Gasteiger partial charge in [0, 0.05) is 26.0 Å². The zero-order valence-electron chi connectivity index (χ0n) is 13.4. The zero-order valence-corrected chi connectivity index (χ0v) is 13.4. The molecule has 0 bridgehead atoms. The maximum absolute atomic E-state index is 12.9. The molecule has 0 radical (unpaired) electrons. The summed E-state index contributed by atoms with van der Waals surface area (Å²) < 4.78 is 0. The fourth-order valence-corrected chi connectivity index (χ4v) is 2.56. The van der Waals surface area contributed by atoms with E-state index in [4.69, 9.17) is 0 Å². The van der Waals surface area contributed by atoms with Crippen molar-refractivity contribution in [3.8, 4) is 0 Å². The maximum Gasteiger partial charge on any atom is 0.230 e. The van der Waals surface area contributed by atoms with Crippen molar-refractivity contribution in [2.75, 3.05) is 13.6 Å². The molecule has 0 fully saturated rings. The van der Waals surface area contributed by atoms with Crippen LogP contribution in [0.3, 0.4) is 0 Å². The number of amides is 1. The summed E-state index contributed by atoms with van der Waals surface area (Å²) in [5.74, 6) is 0.0377. The molecule has 0 aliphatic heterocycles. The first-order chi connectivity index (χ1) is 10.7. The molecular formula is C19H24N2O. The highest BCUT2D eigenvalue weighted by Crippen LogP contribution is 2.23. The minimum absolute atomic E-state index is 0.146. The van der Waals surface area contributed by atoms with Crippen LogP contribution in [0.2, 0.25) is 0 Å². The van der Waals surface area contributed by atoms with Gasteiger partial charge in [-0.15, -0.1) is 0 Å². The van der Waals surface area contributed by atoms with Gasteiger partial charge in [-0.05, 0) is 30.0 Å². The van der Waals surface area contributed by atoms with Crippen LogP contribution in [0.4, 0.5) is 0 Å². The molecule has 1 atom stereocenters. The molecule has 0 saturated heterocycles. The van der Waals surface area contributed by atoms with Crippen molar-refractivity contribution in [2.24, 2.45) is 0 Å². The SMILES string of the molecule is CCCCN(C)C(=O)C(Cc1cccnc1)c1ccccc1. The summed E-state index contributed by atoms with van der Waals surface area (Å²) in [6.07, 6.45) is 6.42. The van der Waals surface area contributed by atoms with Crippen LogP contribution >= 0.6 is 0 Å².